The highest BCUT2D eigenvalue weighted by Gasteiger charge is 2.59. The molecule has 1 aromatic rings. The van der Waals surface area contributed by atoms with Gasteiger partial charge >= 0.3 is 6.09 Å². The van der Waals surface area contributed by atoms with Crippen molar-refractivity contribution < 1.29 is 24.2 Å². The molecule has 1 unspecified atom stereocenters. The lowest BCUT2D eigenvalue weighted by atomic mass is 10.00. The number of rotatable bonds is 4. The summed E-state index contributed by atoms with van der Waals surface area (Å²) in [6, 6.07) is 9.56. The Kier molecular flexibility index (Phi) is 4.90. The highest BCUT2D eigenvalue weighted by Crippen LogP contribution is 2.37. The van der Waals surface area contributed by atoms with Crippen molar-refractivity contribution in [3.63, 3.8) is 0 Å². The molecule has 0 radical (unpaired) electrons. The summed E-state index contributed by atoms with van der Waals surface area (Å²) in [7, 11) is 0. The highest BCUT2D eigenvalue weighted by molar-refractivity contribution is 5.58. The van der Waals surface area contributed by atoms with E-state index in [1.54, 1.807) is 0 Å². The Morgan fingerprint density at radius 3 is 2.50 bits per heavy atom. The summed E-state index contributed by atoms with van der Waals surface area (Å²) < 4.78 is 5.61. The van der Waals surface area contributed by atoms with Crippen molar-refractivity contribution >= 4 is 6.09 Å². The van der Waals surface area contributed by atoms with Crippen molar-refractivity contribution in [3.8, 4) is 0 Å². The standard InChI is InChI=1S/C17H25NO4/c1-17(2,3)18(16(20)21)10-15(19)9-14(18)12-22-11-13-7-5-4-6-8-13/h4-8,14-15,19H,9-12H2,1-3H3/p+1/t14-,15+,18?/m1/s1. The first-order chi connectivity index (χ1) is 10.3. The summed E-state index contributed by atoms with van der Waals surface area (Å²) in [5.41, 5.74) is 0.564. The van der Waals surface area contributed by atoms with Gasteiger partial charge in [0.1, 0.15) is 24.2 Å². The third kappa shape index (κ3) is 3.16. The van der Waals surface area contributed by atoms with Crippen molar-refractivity contribution in [2.24, 2.45) is 0 Å². The molecule has 122 valence electrons. The van der Waals surface area contributed by atoms with Crippen LogP contribution >= 0.6 is 0 Å². The van der Waals surface area contributed by atoms with Gasteiger partial charge in [-0.3, -0.25) is 0 Å². The van der Waals surface area contributed by atoms with Crippen LogP contribution in [-0.2, 0) is 11.3 Å². The first-order valence-corrected chi connectivity index (χ1v) is 7.68. The summed E-state index contributed by atoms with van der Waals surface area (Å²) in [6.07, 6.45) is -1.03. The van der Waals surface area contributed by atoms with Crippen LogP contribution in [0, 0.1) is 0 Å². The smallest absolute Gasteiger partial charge is 0.435 e. The van der Waals surface area contributed by atoms with Gasteiger partial charge in [0, 0.05) is 6.42 Å². The highest BCUT2D eigenvalue weighted by atomic mass is 16.5. The maximum Gasteiger partial charge on any atom is 0.514 e. The molecule has 0 aliphatic carbocycles. The molecule has 3 atom stereocenters. The Labute approximate surface area is 131 Å². The van der Waals surface area contributed by atoms with Crippen molar-refractivity contribution in [1.82, 2.24) is 0 Å². The topological polar surface area (TPSA) is 66.8 Å². The second-order valence-corrected chi connectivity index (χ2v) is 7.05. The number of amides is 1. The van der Waals surface area contributed by atoms with E-state index >= 15 is 0 Å². The number of carbonyl (C=O) groups is 1. The van der Waals surface area contributed by atoms with Gasteiger partial charge in [0.25, 0.3) is 0 Å². The van der Waals surface area contributed by atoms with E-state index in [9.17, 15) is 15.0 Å². The molecule has 2 N–H and O–H groups in total. The zero-order valence-electron chi connectivity index (χ0n) is 13.5. The van der Waals surface area contributed by atoms with E-state index in [-0.39, 0.29) is 17.1 Å². The minimum atomic E-state index is -0.891. The molecule has 22 heavy (non-hydrogen) atoms. The number of nitrogens with zero attached hydrogens (tertiary/aromatic N) is 1. The molecular formula is C17H26NO4+. The average Bonchev–Trinajstić information content (AvgIpc) is 2.78. The predicted molar refractivity (Wildman–Crippen MR) is 83.4 cm³/mol. The molecule has 5 nitrogen and oxygen atoms in total. The zero-order valence-corrected chi connectivity index (χ0v) is 13.5. The second-order valence-electron chi connectivity index (χ2n) is 7.05. The average molecular weight is 308 g/mol. The van der Waals surface area contributed by atoms with E-state index < -0.39 is 17.7 Å². The fourth-order valence-electron chi connectivity index (χ4n) is 3.48. The fraction of sp³-hybridized carbons (Fsp3) is 0.588. The molecule has 1 fully saturated rings. The molecular weight excluding hydrogens is 282 g/mol. The van der Waals surface area contributed by atoms with Gasteiger partial charge in [-0.15, -0.1) is 0 Å². The van der Waals surface area contributed by atoms with Crippen molar-refractivity contribution in [3.05, 3.63) is 35.9 Å². The Hall–Kier alpha value is -1.43. The van der Waals surface area contributed by atoms with Crippen LogP contribution in [0.3, 0.4) is 0 Å². The van der Waals surface area contributed by atoms with Crippen LogP contribution in [0.25, 0.3) is 0 Å². The van der Waals surface area contributed by atoms with Crippen LogP contribution in [0.4, 0.5) is 4.79 Å². The number of likely N-dealkylation sites (tertiary alicyclic amines) is 1. The lowest BCUT2D eigenvalue weighted by Gasteiger charge is -2.44. The van der Waals surface area contributed by atoms with Gasteiger partial charge in [-0.1, -0.05) is 30.3 Å². The van der Waals surface area contributed by atoms with Crippen LogP contribution in [0.5, 0.6) is 0 Å². The Balaban J connectivity index is 2.09. The zero-order chi connectivity index (χ0) is 16.4. The lowest BCUT2D eigenvalue weighted by Crippen LogP contribution is -2.67. The summed E-state index contributed by atoms with van der Waals surface area (Å²) in [5.74, 6) is 0. The van der Waals surface area contributed by atoms with Gasteiger partial charge in [-0.05, 0) is 26.3 Å². The van der Waals surface area contributed by atoms with Crippen molar-refractivity contribution in [2.75, 3.05) is 13.2 Å². The van der Waals surface area contributed by atoms with E-state index in [2.05, 4.69) is 0 Å². The normalized spacial score (nSPS) is 28.7. The molecule has 1 aliphatic heterocycles. The summed E-state index contributed by atoms with van der Waals surface area (Å²) in [5, 5.41) is 19.8. The minimum absolute atomic E-state index is 0.150. The quantitative estimate of drug-likeness (QED) is 0.839. The Morgan fingerprint density at radius 1 is 1.32 bits per heavy atom. The first kappa shape index (κ1) is 16.9. The largest absolute Gasteiger partial charge is 0.514 e. The number of quaternary nitrogens is 1. The van der Waals surface area contributed by atoms with Gasteiger partial charge in [0.15, 0.2) is 0 Å². The SMILES string of the molecule is CC(C)(C)[N+]1(C(=O)O)C[C@@H](O)C[C@@H]1COCc1ccccc1. The fourth-order valence-corrected chi connectivity index (χ4v) is 3.48. The summed E-state index contributed by atoms with van der Waals surface area (Å²) in [4.78, 5) is 12.0. The van der Waals surface area contributed by atoms with Gasteiger partial charge in [-0.25, -0.2) is 4.48 Å². The molecule has 2 rings (SSSR count). The molecule has 1 aromatic carbocycles. The van der Waals surface area contributed by atoms with E-state index in [0.717, 1.165) is 5.56 Å². The van der Waals surface area contributed by atoms with Crippen LogP contribution < -0.4 is 0 Å². The van der Waals surface area contributed by atoms with Crippen LogP contribution in [-0.4, -0.2) is 51.6 Å². The molecule has 1 saturated heterocycles. The third-order valence-corrected chi connectivity index (χ3v) is 4.63. The van der Waals surface area contributed by atoms with Gasteiger partial charge < -0.3 is 14.9 Å². The molecule has 0 spiro atoms. The molecule has 1 aliphatic rings. The molecule has 0 saturated carbocycles. The molecule has 0 bridgehead atoms. The summed E-state index contributed by atoms with van der Waals surface area (Å²) >= 11 is 0. The lowest BCUT2D eigenvalue weighted by molar-refractivity contribution is -0.916. The molecule has 1 heterocycles. The number of aliphatic hydroxyl groups is 1. The van der Waals surface area contributed by atoms with Gasteiger partial charge in [0.05, 0.1) is 13.2 Å². The number of carboxylic acid groups (broad SMARTS) is 1. The molecule has 1 amide bonds. The van der Waals surface area contributed by atoms with E-state index in [4.69, 9.17) is 4.74 Å². The number of benzene rings is 1. The summed E-state index contributed by atoms with van der Waals surface area (Å²) in [6.45, 7) is 6.74. The maximum atomic E-state index is 12.0. The minimum Gasteiger partial charge on any atom is -0.435 e. The van der Waals surface area contributed by atoms with Crippen molar-refractivity contribution in [1.29, 1.82) is 0 Å². The first-order valence-electron chi connectivity index (χ1n) is 7.68. The predicted octanol–water partition coefficient (Wildman–Crippen LogP) is 2.63. The van der Waals surface area contributed by atoms with E-state index in [1.165, 1.54) is 0 Å². The van der Waals surface area contributed by atoms with Crippen LogP contribution in [0.15, 0.2) is 30.3 Å². The third-order valence-electron chi connectivity index (χ3n) is 4.63. The van der Waals surface area contributed by atoms with Crippen molar-refractivity contribution in [2.45, 2.75) is 51.5 Å². The second kappa shape index (κ2) is 6.36. The number of ether oxygens (including phenoxy) is 1. The molecule has 5 heteroatoms. The van der Waals surface area contributed by atoms with Gasteiger partial charge in [-0.2, -0.15) is 4.79 Å². The Bertz CT molecular complexity index is 511. The van der Waals surface area contributed by atoms with Crippen LogP contribution in [0.2, 0.25) is 0 Å². The number of hydrogen-bond acceptors (Lipinski definition) is 3. The van der Waals surface area contributed by atoms with E-state index in [0.29, 0.717) is 19.6 Å². The number of aliphatic hydroxyl groups excluding tert-OH is 1. The van der Waals surface area contributed by atoms with Gasteiger partial charge in [0.2, 0.25) is 0 Å². The Morgan fingerprint density at radius 2 is 1.95 bits per heavy atom. The van der Waals surface area contributed by atoms with E-state index in [1.807, 2.05) is 51.1 Å². The monoisotopic (exact) mass is 308 g/mol. The van der Waals surface area contributed by atoms with Crippen LogP contribution in [0.1, 0.15) is 32.8 Å². The number of hydrogen-bond donors (Lipinski definition) is 2. The maximum absolute atomic E-state index is 12.0. The molecule has 0 aromatic heterocycles.